The quantitative estimate of drug-likeness (QED) is 0.634. The summed E-state index contributed by atoms with van der Waals surface area (Å²) in [5, 5.41) is 0. The molecule has 0 radical (unpaired) electrons. The highest BCUT2D eigenvalue weighted by atomic mass is 16.5. The average Bonchev–Trinajstić information content (AvgIpc) is 2.37. The number of anilines is 1. The van der Waals surface area contributed by atoms with Crippen LogP contribution in [0.15, 0.2) is 24.3 Å². The fourth-order valence-corrected chi connectivity index (χ4v) is 2.74. The van der Waals surface area contributed by atoms with Crippen LogP contribution < -0.4 is 5.73 Å². The van der Waals surface area contributed by atoms with Crippen molar-refractivity contribution in [2.24, 2.45) is 5.92 Å². The van der Waals surface area contributed by atoms with Gasteiger partial charge in [0.15, 0.2) is 0 Å². The van der Waals surface area contributed by atoms with Crippen LogP contribution in [-0.4, -0.2) is 12.7 Å². The van der Waals surface area contributed by atoms with Crippen LogP contribution >= 0.6 is 0 Å². The zero-order chi connectivity index (χ0) is 12.8. The number of hydrogen-bond acceptors (Lipinski definition) is 2. The highest BCUT2D eigenvalue weighted by molar-refractivity contribution is 5.39. The van der Waals surface area contributed by atoms with Crippen molar-refractivity contribution in [2.45, 2.75) is 51.6 Å². The first kappa shape index (κ1) is 13.4. The predicted octanol–water partition coefficient (Wildman–Crippen LogP) is 3.80. The normalized spacial score (nSPS) is 24.1. The zero-order valence-corrected chi connectivity index (χ0v) is 11.4. The topological polar surface area (TPSA) is 35.2 Å². The van der Waals surface area contributed by atoms with E-state index < -0.39 is 0 Å². The van der Waals surface area contributed by atoms with Gasteiger partial charge in [-0.3, -0.25) is 0 Å². The maximum atomic E-state index is 5.97. The van der Waals surface area contributed by atoms with E-state index in [1.165, 1.54) is 31.2 Å². The lowest BCUT2D eigenvalue weighted by atomic mass is 9.89. The molecule has 2 heteroatoms. The fraction of sp³-hybridized carbons (Fsp3) is 0.625. The Hall–Kier alpha value is -1.02. The Morgan fingerprint density at radius 2 is 2.00 bits per heavy atom. The second-order valence-corrected chi connectivity index (χ2v) is 5.61. The van der Waals surface area contributed by atoms with Gasteiger partial charge in [-0.05, 0) is 49.3 Å². The number of benzene rings is 1. The molecule has 2 unspecified atom stereocenters. The molecule has 0 bridgehead atoms. The van der Waals surface area contributed by atoms with Gasteiger partial charge in [0, 0.05) is 12.3 Å². The molecule has 2 nitrogen and oxygen atoms in total. The second-order valence-electron chi connectivity index (χ2n) is 5.61. The summed E-state index contributed by atoms with van der Waals surface area (Å²) in [6.45, 7) is 3.23. The molecule has 0 aliphatic heterocycles. The average molecular weight is 247 g/mol. The van der Waals surface area contributed by atoms with Gasteiger partial charge < -0.3 is 10.5 Å². The van der Waals surface area contributed by atoms with Gasteiger partial charge in [-0.15, -0.1) is 0 Å². The maximum Gasteiger partial charge on any atom is 0.0577 e. The summed E-state index contributed by atoms with van der Waals surface area (Å²) in [5.41, 5.74) is 7.86. The molecule has 0 saturated heterocycles. The summed E-state index contributed by atoms with van der Waals surface area (Å²) in [7, 11) is 0. The number of nitrogen functional groups attached to an aromatic ring is 1. The molecule has 18 heavy (non-hydrogen) atoms. The summed E-state index contributed by atoms with van der Waals surface area (Å²) in [5.74, 6) is 0.848. The van der Waals surface area contributed by atoms with Crippen LogP contribution in [0.25, 0.3) is 0 Å². The molecule has 2 rings (SSSR count). The van der Waals surface area contributed by atoms with Crippen LogP contribution in [-0.2, 0) is 11.2 Å². The lowest BCUT2D eigenvalue weighted by molar-refractivity contribution is 0.0146. The second kappa shape index (κ2) is 6.79. The van der Waals surface area contributed by atoms with E-state index in [9.17, 15) is 0 Å². The molecule has 0 aromatic heterocycles. The molecule has 0 spiro atoms. The minimum Gasteiger partial charge on any atom is -0.399 e. The molecule has 2 atom stereocenters. The Labute approximate surface area is 111 Å². The van der Waals surface area contributed by atoms with Gasteiger partial charge in [0.05, 0.1) is 6.10 Å². The van der Waals surface area contributed by atoms with Gasteiger partial charge >= 0.3 is 0 Å². The predicted molar refractivity (Wildman–Crippen MR) is 76.5 cm³/mol. The van der Waals surface area contributed by atoms with Crippen LogP contribution in [0.2, 0.25) is 0 Å². The van der Waals surface area contributed by atoms with Crippen molar-refractivity contribution in [3.8, 4) is 0 Å². The molecule has 2 N–H and O–H groups in total. The van der Waals surface area contributed by atoms with Gasteiger partial charge in [-0.25, -0.2) is 0 Å². The SMILES string of the molecule is CC1CCCC(OCCCc2ccc(N)cc2)C1. The van der Waals surface area contributed by atoms with E-state index in [1.807, 2.05) is 12.1 Å². The number of nitrogens with two attached hydrogens (primary N) is 1. The van der Waals surface area contributed by atoms with E-state index in [2.05, 4.69) is 19.1 Å². The van der Waals surface area contributed by atoms with E-state index in [0.717, 1.165) is 31.1 Å². The molecular weight excluding hydrogens is 222 g/mol. The summed E-state index contributed by atoms with van der Waals surface area (Å²) >= 11 is 0. The lowest BCUT2D eigenvalue weighted by Gasteiger charge is -2.26. The largest absolute Gasteiger partial charge is 0.399 e. The molecule has 1 aromatic rings. The van der Waals surface area contributed by atoms with Crippen molar-refractivity contribution >= 4 is 5.69 Å². The molecule has 1 saturated carbocycles. The van der Waals surface area contributed by atoms with Crippen molar-refractivity contribution in [1.82, 2.24) is 0 Å². The van der Waals surface area contributed by atoms with Crippen molar-refractivity contribution in [1.29, 1.82) is 0 Å². The monoisotopic (exact) mass is 247 g/mol. The van der Waals surface area contributed by atoms with Gasteiger partial charge in [0.1, 0.15) is 0 Å². The molecular formula is C16H25NO. The first-order valence-electron chi connectivity index (χ1n) is 7.20. The zero-order valence-electron chi connectivity index (χ0n) is 11.4. The number of aryl methyl sites for hydroxylation is 1. The van der Waals surface area contributed by atoms with Gasteiger partial charge in [-0.2, -0.15) is 0 Å². The van der Waals surface area contributed by atoms with Crippen LogP contribution in [0, 0.1) is 5.92 Å². The highest BCUT2D eigenvalue weighted by Crippen LogP contribution is 2.25. The van der Waals surface area contributed by atoms with Gasteiger partial charge in [0.25, 0.3) is 0 Å². The Bertz CT molecular complexity index is 347. The van der Waals surface area contributed by atoms with Crippen LogP contribution in [0.5, 0.6) is 0 Å². The minimum absolute atomic E-state index is 0.514. The van der Waals surface area contributed by atoms with Gasteiger partial charge in [0.2, 0.25) is 0 Å². The van der Waals surface area contributed by atoms with Crippen LogP contribution in [0.1, 0.15) is 44.6 Å². The summed E-state index contributed by atoms with van der Waals surface area (Å²) in [6.07, 6.45) is 7.93. The third kappa shape index (κ3) is 4.34. The third-order valence-electron chi connectivity index (χ3n) is 3.83. The van der Waals surface area contributed by atoms with Gasteiger partial charge in [-0.1, -0.05) is 31.9 Å². The fourth-order valence-electron chi connectivity index (χ4n) is 2.74. The Morgan fingerprint density at radius 1 is 1.22 bits per heavy atom. The Morgan fingerprint density at radius 3 is 2.72 bits per heavy atom. The smallest absolute Gasteiger partial charge is 0.0577 e. The van der Waals surface area contributed by atoms with E-state index in [4.69, 9.17) is 10.5 Å². The number of rotatable bonds is 5. The molecule has 1 aliphatic rings. The molecule has 100 valence electrons. The lowest BCUT2D eigenvalue weighted by Crippen LogP contribution is -2.22. The highest BCUT2D eigenvalue weighted by Gasteiger charge is 2.18. The third-order valence-corrected chi connectivity index (χ3v) is 3.83. The minimum atomic E-state index is 0.514. The molecule has 1 fully saturated rings. The van der Waals surface area contributed by atoms with Crippen molar-refractivity contribution in [3.63, 3.8) is 0 Å². The van der Waals surface area contributed by atoms with Crippen molar-refractivity contribution < 1.29 is 4.74 Å². The number of ether oxygens (including phenoxy) is 1. The molecule has 0 heterocycles. The number of hydrogen-bond donors (Lipinski definition) is 1. The van der Waals surface area contributed by atoms with Crippen LogP contribution in [0.3, 0.4) is 0 Å². The Kier molecular flexibility index (Phi) is 5.06. The molecule has 0 amide bonds. The summed E-state index contributed by atoms with van der Waals surface area (Å²) < 4.78 is 5.97. The first-order valence-corrected chi connectivity index (χ1v) is 7.20. The van der Waals surface area contributed by atoms with Crippen molar-refractivity contribution in [3.05, 3.63) is 29.8 Å². The maximum absolute atomic E-state index is 5.97. The molecule has 1 aliphatic carbocycles. The summed E-state index contributed by atoms with van der Waals surface area (Å²) in [4.78, 5) is 0. The van der Waals surface area contributed by atoms with E-state index in [1.54, 1.807) is 0 Å². The van der Waals surface area contributed by atoms with E-state index in [-0.39, 0.29) is 0 Å². The van der Waals surface area contributed by atoms with Crippen molar-refractivity contribution in [2.75, 3.05) is 12.3 Å². The molecule has 1 aromatic carbocycles. The standard InChI is InChI=1S/C16H25NO/c1-13-4-2-6-16(12-13)18-11-3-5-14-7-9-15(17)10-8-14/h7-10,13,16H,2-6,11-12,17H2,1H3. The Balaban J connectivity index is 1.62. The summed E-state index contributed by atoms with van der Waals surface area (Å²) in [6, 6.07) is 8.16. The first-order chi connectivity index (χ1) is 8.74. The van der Waals surface area contributed by atoms with E-state index >= 15 is 0 Å². The van der Waals surface area contributed by atoms with E-state index in [0.29, 0.717) is 6.10 Å². The van der Waals surface area contributed by atoms with Crippen LogP contribution in [0.4, 0.5) is 5.69 Å².